The lowest BCUT2D eigenvalue weighted by Gasteiger charge is -2.11. The smallest absolute Gasteiger partial charge is 0.419 e. The van der Waals surface area contributed by atoms with E-state index in [-0.39, 0.29) is 18.2 Å². The molecule has 0 radical (unpaired) electrons. The second kappa shape index (κ2) is 5.46. The monoisotopic (exact) mass is 287 g/mol. The SMILES string of the molecule is OCc1cccc(Oc2ccc(F)c(C(F)(F)F)c2)n1. The van der Waals surface area contributed by atoms with Gasteiger partial charge in [-0.1, -0.05) is 6.07 Å². The normalized spacial score (nSPS) is 11.4. The molecule has 1 heterocycles. The molecule has 0 amide bonds. The van der Waals surface area contributed by atoms with Crippen molar-refractivity contribution < 1.29 is 27.4 Å². The van der Waals surface area contributed by atoms with Crippen LogP contribution in [0, 0.1) is 5.82 Å². The van der Waals surface area contributed by atoms with E-state index in [1.165, 1.54) is 18.2 Å². The summed E-state index contributed by atoms with van der Waals surface area (Å²) in [4.78, 5) is 3.85. The average Bonchev–Trinajstić information content (AvgIpc) is 2.40. The van der Waals surface area contributed by atoms with Crippen molar-refractivity contribution in [1.29, 1.82) is 0 Å². The third-order valence-electron chi connectivity index (χ3n) is 2.41. The lowest BCUT2D eigenvalue weighted by atomic mass is 10.2. The maximum Gasteiger partial charge on any atom is 0.419 e. The van der Waals surface area contributed by atoms with Gasteiger partial charge in [0.15, 0.2) is 0 Å². The second-order valence-corrected chi connectivity index (χ2v) is 3.87. The second-order valence-electron chi connectivity index (χ2n) is 3.87. The summed E-state index contributed by atoms with van der Waals surface area (Å²) < 4.78 is 55.8. The predicted octanol–water partition coefficient (Wildman–Crippen LogP) is 3.52. The fourth-order valence-electron chi connectivity index (χ4n) is 1.51. The third-order valence-corrected chi connectivity index (χ3v) is 2.41. The van der Waals surface area contributed by atoms with Crippen molar-refractivity contribution in [3.8, 4) is 11.6 Å². The highest BCUT2D eigenvalue weighted by atomic mass is 19.4. The highest BCUT2D eigenvalue weighted by Gasteiger charge is 2.34. The largest absolute Gasteiger partial charge is 0.439 e. The van der Waals surface area contributed by atoms with E-state index in [9.17, 15) is 17.6 Å². The van der Waals surface area contributed by atoms with E-state index in [2.05, 4.69) is 4.98 Å². The highest BCUT2D eigenvalue weighted by molar-refractivity contribution is 5.34. The maximum absolute atomic E-state index is 13.1. The van der Waals surface area contributed by atoms with Gasteiger partial charge in [0.05, 0.1) is 17.9 Å². The Balaban J connectivity index is 2.30. The Morgan fingerprint density at radius 1 is 1.15 bits per heavy atom. The van der Waals surface area contributed by atoms with Gasteiger partial charge in [0.25, 0.3) is 0 Å². The van der Waals surface area contributed by atoms with Crippen LogP contribution in [0.25, 0.3) is 0 Å². The number of halogens is 4. The number of aliphatic hydroxyl groups excluding tert-OH is 1. The number of hydrogen-bond donors (Lipinski definition) is 1. The van der Waals surface area contributed by atoms with Crippen molar-refractivity contribution in [3.63, 3.8) is 0 Å². The number of aliphatic hydroxyl groups is 1. The maximum atomic E-state index is 13.1. The van der Waals surface area contributed by atoms with Crippen LogP contribution in [0.1, 0.15) is 11.3 Å². The number of rotatable bonds is 3. The lowest BCUT2D eigenvalue weighted by molar-refractivity contribution is -0.140. The van der Waals surface area contributed by atoms with Gasteiger partial charge in [-0.2, -0.15) is 13.2 Å². The molecule has 0 bridgehead atoms. The van der Waals surface area contributed by atoms with Crippen LogP contribution >= 0.6 is 0 Å². The van der Waals surface area contributed by atoms with Gasteiger partial charge < -0.3 is 9.84 Å². The van der Waals surface area contributed by atoms with Crippen LogP contribution in [-0.4, -0.2) is 10.1 Å². The first-order valence-corrected chi connectivity index (χ1v) is 5.51. The summed E-state index contributed by atoms with van der Waals surface area (Å²) in [5.74, 6) is -1.56. The van der Waals surface area contributed by atoms with E-state index >= 15 is 0 Å². The minimum absolute atomic E-state index is 0.0104. The first kappa shape index (κ1) is 14.3. The molecule has 20 heavy (non-hydrogen) atoms. The quantitative estimate of drug-likeness (QED) is 0.878. The number of nitrogens with zero attached hydrogens (tertiary/aromatic N) is 1. The van der Waals surface area contributed by atoms with Crippen LogP contribution in [0.4, 0.5) is 17.6 Å². The Bertz CT molecular complexity index is 614. The Kier molecular flexibility index (Phi) is 3.89. The fraction of sp³-hybridized carbons (Fsp3) is 0.154. The van der Waals surface area contributed by atoms with Crippen molar-refractivity contribution in [2.75, 3.05) is 0 Å². The molecule has 0 aliphatic rings. The van der Waals surface area contributed by atoms with Crippen molar-refractivity contribution in [3.05, 3.63) is 53.5 Å². The first-order valence-electron chi connectivity index (χ1n) is 5.51. The minimum atomic E-state index is -4.80. The van der Waals surface area contributed by atoms with Gasteiger partial charge in [-0.3, -0.25) is 0 Å². The molecule has 1 N–H and O–H groups in total. The molecule has 0 aliphatic carbocycles. The Hall–Kier alpha value is -2.15. The molecule has 1 aromatic heterocycles. The van der Waals surface area contributed by atoms with Crippen LogP contribution in [-0.2, 0) is 12.8 Å². The van der Waals surface area contributed by atoms with Gasteiger partial charge in [0.1, 0.15) is 11.6 Å². The lowest BCUT2D eigenvalue weighted by Crippen LogP contribution is -2.08. The molecule has 0 atom stereocenters. The molecule has 1 aromatic carbocycles. The van der Waals surface area contributed by atoms with Gasteiger partial charge in [-0.05, 0) is 24.3 Å². The molecule has 2 rings (SSSR count). The van der Waals surface area contributed by atoms with E-state index in [0.29, 0.717) is 17.8 Å². The Morgan fingerprint density at radius 2 is 1.90 bits per heavy atom. The molecule has 3 nitrogen and oxygen atoms in total. The molecule has 106 valence electrons. The fourth-order valence-corrected chi connectivity index (χ4v) is 1.51. The number of aromatic nitrogens is 1. The molecular formula is C13H9F4NO2. The van der Waals surface area contributed by atoms with E-state index in [1.54, 1.807) is 0 Å². The molecule has 0 spiro atoms. The third kappa shape index (κ3) is 3.24. The van der Waals surface area contributed by atoms with Gasteiger partial charge in [0, 0.05) is 6.07 Å². The summed E-state index contributed by atoms with van der Waals surface area (Å²) in [5, 5.41) is 8.90. The summed E-state index contributed by atoms with van der Waals surface area (Å²) in [6.07, 6.45) is -4.80. The van der Waals surface area contributed by atoms with Gasteiger partial charge >= 0.3 is 6.18 Å². The van der Waals surface area contributed by atoms with Crippen LogP contribution in [0.15, 0.2) is 36.4 Å². The van der Waals surface area contributed by atoms with Crippen molar-refractivity contribution in [2.45, 2.75) is 12.8 Å². The number of alkyl halides is 3. The Morgan fingerprint density at radius 3 is 2.55 bits per heavy atom. The summed E-state index contributed by atoms with van der Waals surface area (Å²) >= 11 is 0. The zero-order chi connectivity index (χ0) is 14.8. The molecule has 0 saturated heterocycles. The topological polar surface area (TPSA) is 42.4 Å². The van der Waals surface area contributed by atoms with Crippen LogP contribution < -0.4 is 4.74 Å². The highest BCUT2D eigenvalue weighted by Crippen LogP contribution is 2.34. The van der Waals surface area contributed by atoms with E-state index in [0.717, 1.165) is 6.07 Å². The first-order chi connectivity index (χ1) is 9.40. The minimum Gasteiger partial charge on any atom is -0.439 e. The summed E-state index contributed by atoms with van der Waals surface area (Å²) in [6, 6.07) is 6.77. The number of hydrogen-bond acceptors (Lipinski definition) is 3. The van der Waals surface area contributed by atoms with E-state index < -0.39 is 17.6 Å². The van der Waals surface area contributed by atoms with Gasteiger partial charge in [-0.25, -0.2) is 9.37 Å². The standard InChI is InChI=1S/C13H9F4NO2/c14-11-5-4-9(6-10(11)13(15,16)17)20-12-3-1-2-8(7-19)18-12/h1-6,19H,7H2. The van der Waals surface area contributed by atoms with Gasteiger partial charge in [0.2, 0.25) is 5.88 Å². The average molecular weight is 287 g/mol. The molecule has 0 unspecified atom stereocenters. The number of pyridine rings is 1. The predicted molar refractivity (Wildman–Crippen MR) is 61.6 cm³/mol. The molecule has 0 saturated carbocycles. The molecule has 2 aromatic rings. The summed E-state index contributed by atoms with van der Waals surface area (Å²) in [6.45, 7) is -0.325. The summed E-state index contributed by atoms with van der Waals surface area (Å²) in [5.41, 5.74) is -1.10. The molecular weight excluding hydrogens is 278 g/mol. The molecule has 0 aliphatic heterocycles. The molecule has 7 heteroatoms. The summed E-state index contributed by atoms with van der Waals surface area (Å²) in [7, 11) is 0. The van der Waals surface area contributed by atoms with E-state index in [1.807, 2.05) is 0 Å². The molecule has 0 fully saturated rings. The van der Waals surface area contributed by atoms with Crippen molar-refractivity contribution in [1.82, 2.24) is 4.98 Å². The van der Waals surface area contributed by atoms with Crippen molar-refractivity contribution >= 4 is 0 Å². The van der Waals surface area contributed by atoms with E-state index in [4.69, 9.17) is 9.84 Å². The zero-order valence-corrected chi connectivity index (χ0v) is 9.99. The zero-order valence-electron chi connectivity index (χ0n) is 9.99. The van der Waals surface area contributed by atoms with Gasteiger partial charge in [-0.15, -0.1) is 0 Å². The van der Waals surface area contributed by atoms with Crippen LogP contribution in [0.5, 0.6) is 11.6 Å². The van der Waals surface area contributed by atoms with Crippen LogP contribution in [0.3, 0.4) is 0 Å². The van der Waals surface area contributed by atoms with Crippen molar-refractivity contribution in [2.24, 2.45) is 0 Å². The number of ether oxygens (including phenoxy) is 1. The van der Waals surface area contributed by atoms with Crippen LogP contribution in [0.2, 0.25) is 0 Å². The number of benzene rings is 1. The Labute approximate surface area is 111 Å².